The number of aliphatic hydroxyl groups excluding tert-OH is 1. The molecular weight excluding hydrogens is 492 g/mol. The van der Waals surface area contributed by atoms with Crippen molar-refractivity contribution in [2.75, 3.05) is 19.8 Å². The fraction of sp³-hybridized carbons (Fsp3) is 0.655. The number of rotatable bonds is 1. The molecule has 206 valence electrons. The molecule has 9 heteroatoms. The Morgan fingerprint density at radius 2 is 1.87 bits per heavy atom. The van der Waals surface area contributed by atoms with Crippen LogP contribution in [0.25, 0.3) is 0 Å². The van der Waals surface area contributed by atoms with Crippen LogP contribution in [0.2, 0.25) is 0 Å². The fourth-order valence-corrected chi connectivity index (χ4v) is 7.26. The van der Waals surface area contributed by atoms with Crippen LogP contribution in [0.5, 0.6) is 0 Å². The van der Waals surface area contributed by atoms with Gasteiger partial charge in [-0.25, -0.2) is 9.59 Å². The third kappa shape index (κ3) is 3.78. The van der Waals surface area contributed by atoms with Crippen LogP contribution in [-0.2, 0) is 38.0 Å². The lowest BCUT2D eigenvalue weighted by molar-refractivity contribution is -0.235. The second-order valence-corrected chi connectivity index (χ2v) is 11.7. The third-order valence-electron chi connectivity index (χ3n) is 9.58. The number of hydrogen-bond acceptors (Lipinski definition) is 9. The first kappa shape index (κ1) is 26.0. The average molecular weight is 529 g/mol. The lowest BCUT2D eigenvalue weighted by atomic mass is 9.51. The zero-order chi connectivity index (χ0) is 26.9. The molecule has 38 heavy (non-hydrogen) atoms. The van der Waals surface area contributed by atoms with Crippen LogP contribution in [-0.4, -0.2) is 85.2 Å². The van der Waals surface area contributed by atoms with Crippen molar-refractivity contribution in [1.29, 1.82) is 0 Å². The molecule has 4 heterocycles. The van der Waals surface area contributed by atoms with Gasteiger partial charge in [0.1, 0.15) is 36.6 Å². The lowest BCUT2D eigenvalue weighted by Crippen LogP contribution is -2.69. The Hall–Kier alpha value is -2.30. The molecule has 4 aliphatic heterocycles. The molecule has 2 bridgehead atoms. The van der Waals surface area contributed by atoms with Gasteiger partial charge in [-0.15, -0.1) is 0 Å². The molecule has 4 fully saturated rings. The van der Waals surface area contributed by atoms with Gasteiger partial charge in [0.15, 0.2) is 0 Å². The Balaban J connectivity index is 1.38. The van der Waals surface area contributed by atoms with E-state index in [-0.39, 0.29) is 31.0 Å². The number of hydrogen-bond donors (Lipinski definition) is 1. The van der Waals surface area contributed by atoms with Crippen LogP contribution in [0.3, 0.4) is 0 Å². The van der Waals surface area contributed by atoms with Gasteiger partial charge in [-0.1, -0.05) is 36.8 Å². The van der Waals surface area contributed by atoms with Crippen molar-refractivity contribution in [3.05, 3.63) is 47.6 Å². The summed E-state index contributed by atoms with van der Waals surface area (Å²) < 4.78 is 36.8. The van der Waals surface area contributed by atoms with Crippen molar-refractivity contribution < 1.29 is 43.1 Å². The predicted molar refractivity (Wildman–Crippen MR) is 134 cm³/mol. The van der Waals surface area contributed by atoms with E-state index in [1.807, 2.05) is 13.8 Å². The first-order valence-corrected chi connectivity index (χ1v) is 13.4. The summed E-state index contributed by atoms with van der Waals surface area (Å²) in [6.45, 7) is 8.45. The van der Waals surface area contributed by atoms with Gasteiger partial charge in [-0.3, -0.25) is 0 Å². The third-order valence-corrected chi connectivity index (χ3v) is 9.58. The summed E-state index contributed by atoms with van der Waals surface area (Å²) in [5.74, 6) is -0.948. The fourth-order valence-electron chi connectivity index (χ4n) is 7.26. The van der Waals surface area contributed by atoms with Crippen molar-refractivity contribution in [1.82, 2.24) is 0 Å². The maximum atomic E-state index is 13.0. The van der Waals surface area contributed by atoms with E-state index in [4.69, 9.17) is 28.4 Å². The summed E-state index contributed by atoms with van der Waals surface area (Å²) in [7, 11) is 0. The van der Waals surface area contributed by atoms with Crippen molar-refractivity contribution in [3.63, 3.8) is 0 Å². The standard InChI is InChI=1S/C29H36O9/c1-16-9-10-33-19(18(3)30)7-5-6-8-23(31)37-20-13-22-29(15-35-29)27(20,4)28(14-34-24(32)11-16)21(36-22)12-17(2)25-26(28)38-25/h5-8,11-12,18-22,25-26,30H,9-10,13-15H2,1-4H3/b7-5+,8-6-,16-11+/t18-,19-,20+,21+,22+,25-,26-,27+,28+,29+/m0/s1. The molecule has 6 rings (SSSR count). The molecule has 6 aliphatic rings. The first-order valence-electron chi connectivity index (χ1n) is 13.4. The zero-order valence-corrected chi connectivity index (χ0v) is 22.3. The summed E-state index contributed by atoms with van der Waals surface area (Å²) >= 11 is 0. The highest BCUT2D eigenvalue weighted by molar-refractivity contribution is 5.83. The van der Waals surface area contributed by atoms with Gasteiger partial charge in [0.25, 0.3) is 0 Å². The summed E-state index contributed by atoms with van der Waals surface area (Å²) in [6, 6.07) is 0. The molecule has 2 spiro atoms. The molecule has 0 unspecified atom stereocenters. The smallest absolute Gasteiger partial charge is 0.331 e. The van der Waals surface area contributed by atoms with E-state index in [1.54, 1.807) is 25.2 Å². The number of esters is 2. The minimum Gasteiger partial charge on any atom is -0.462 e. The number of epoxide rings is 2. The number of ether oxygens (including phenoxy) is 6. The minimum absolute atomic E-state index is 0.0484. The van der Waals surface area contributed by atoms with Gasteiger partial charge >= 0.3 is 11.9 Å². The van der Waals surface area contributed by atoms with E-state index in [1.165, 1.54) is 12.2 Å². The van der Waals surface area contributed by atoms with Gasteiger partial charge < -0.3 is 33.5 Å². The van der Waals surface area contributed by atoms with Crippen molar-refractivity contribution in [3.8, 4) is 0 Å². The SMILES string of the molecule is CC1=C[C@H]2O[C@@H]3C[C@H]4OC(=O)/C=C\C=C\[C@@H]([C@H](C)O)OCC/C(C)=C/C(=O)OC[C@@]2([C@H]2O[C@@H]12)[C@]4(C)[C@@]31CO1. The van der Waals surface area contributed by atoms with E-state index in [2.05, 4.69) is 13.0 Å². The molecule has 2 aliphatic carbocycles. The van der Waals surface area contributed by atoms with Gasteiger partial charge in [0.2, 0.25) is 0 Å². The summed E-state index contributed by atoms with van der Waals surface area (Å²) in [4.78, 5) is 26.0. The Bertz CT molecular complexity index is 1130. The normalized spacial score (nSPS) is 50.0. The first-order chi connectivity index (χ1) is 18.1. The summed E-state index contributed by atoms with van der Waals surface area (Å²) in [5.41, 5.74) is -0.222. The summed E-state index contributed by atoms with van der Waals surface area (Å²) in [5, 5.41) is 10.1. The molecule has 1 N–H and O–H groups in total. The van der Waals surface area contributed by atoms with E-state index < -0.39 is 46.7 Å². The van der Waals surface area contributed by atoms with Crippen LogP contribution >= 0.6 is 0 Å². The maximum Gasteiger partial charge on any atom is 0.331 e. The van der Waals surface area contributed by atoms with Crippen molar-refractivity contribution in [2.45, 2.75) is 88.9 Å². The number of carbonyl (C=O) groups is 2. The van der Waals surface area contributed by atoms with Crippen molar-refractivity contribution >= 4 is 11.9 Å². The van der Waals surface area contributed by atoms with Gasteiger partial charge in [0.05, 0.1) is 42.4 Å². The van der Waals surface area contributed by atoms with Crippen molar-refractivity contribution in [2.24, 2.45) is 10.8 Å². The van der Waals surface area contributed by atoms with Crippen LogP contribution in [0.1, 0.15) is 40.5 Å². The Labute approximate surface area is 222 Å². The highest BCUT2D eigenvalue weighted by atomic mass is 16.7. The molecule has 0 aromatic carbocycles. The van der Waals surface area contributed by atoms with Crippen LogP contribution in [0.15, 0.2) is 47.6 Å². The monoisotopic (exact) mass is 528 g/mol. The Morgan fingerprint density at radius 1 is 1.08 bits per heavy atom. The van der Waals surface area contributed by atoms with E-state index in [9.17, 15) is 14.7 Å². The molecule has 9 nitrogen and oxygen atoms in total. The number of cyclic esters (lactones) is 1. The molecule has 10 atom stereocenters. The largest absolute Gasteiger partial charge is 0.462 e. The number of fused-ring (bicyclic) bond motifs is 1. The quantitative estimate of drug-likeness (QED) is 0.311. The van der Waals surface area contributed by atoms with E-state index in [0.717, 1.165) is 11.1 Å². The maximum absolute atomic E-state index is 13.0. The average Bonchev–Trinajstić information content (AvgIpc) is 3.76. The second kappa shape index (κ2) is 9.13. The summed E-state index contributed by atoms with van der Waals surface area (Å²) in [6.07, 6.45) is 8.09. The van der Waals surface area contributed by atoms with Crippen LogP contribution in [0.4, 0.5) is 0 Å². The second-order valence-electron chi connectivity index (χ2n) is 11.7. The molecule has 1 saturated carbocycles. The molecule has 3 saturated heterocycles. The number of carbonyl (C=O) groups excluding carboxylic acids is 2. The minimum atomic E-state index is -0.786. The molecule has 0 aromatic rings. The molecule has 0 amide bonds. The van der Waals surface area contributed by atoms with Gasteiger partial charge in [-0.05, 0) is 32.8 Å². The van der Waals surface area contributed by atoms with E-state index >= 15 is 0 Å². The number of aliphatic hydroxyl groups is 1. The molecular formula is C29H36O9. The lowest BCUT2D eigenvalue weighted by Gasteiger charge is -2.57. The van der Waals surface area contributed by atoms with Gasteiger partial charge in [-0.2, -0.15) is 0 Å². The molecule has 0 radical (unpaired) electrons. The van der Waals surface area contributed by atoms with Crippen LogP contribution in [0, 0.1) is 10.8 Å². The van der Waals surface area contributed by atoms with Gasteiger partial charge in [0, 0.05) is 18.6 Å². The Kier molecular flexibility index (Phi) is 6.23. The molecule has 0 aromatic heterocycles. The Morgan fingerprint density at radius 3 is 2.61 bits per heavy atom. The highest BCUT2D eigenvalue weighted by Crippen LogP contribution is 2.74. The topological polar surface area (TPSA) is 116 Å². The van der Waals surface area contributed by atoms with Crippen LogP contribution < -0.4 is 0 Å². The van der Waals surface area contributed by atoms with E-state index in [0.29, 0.717) is 26.1 Å². The number of allylic oxidation sites excluding steroid dienone is 2. The predicted octanol–water partition coefficient (Wildman–Crippen LogP) is 2.33. The highest BCUT2D eigenvalue weighted by Gasteiger charge is 2.87. The zero-order valence-electron chi connectivity index (χ0n) is 22.3.